The molecule has 0 spiro atoms. The van der Waals surface area contributed by atoms with E-state index in [0.717, 1.165) is 31.3 Å². The molecule has 1 aromatic carbocycles. The first kappa shape index (κ1) is 17.7. The van der Waals surface area contributed by atoms with Gasteiger partial charge in [0.15, 0.2) is 9.84 Å². The molecular weight excluding hydrogens is 312 g/mol. The zero-order valence-electron chi connectivity index (χ0n) is 11.8. The fourth-order valence-corrected chi connectivity index (χ4v) is 2.98. The number of hydrogen-bond acceptors (Lipinski definition) is 4. The fourth-order valence-electron chi connectivity index (χ4n) is 2.10. The number of rotatable bonds is 4. The largest absolute Gasteiger partial charge is 0.348 e. The molecule has 0 saturated heterocycles. The molecule has 1 heterocycles. The Labute approximate surface area is 131 Å². The first-order valence-electron chi connectivity index (χ1n) is 6.44. The van der Waals surface area contributed by atoms with Gasteiger partial charge in [0.25, 0.3) is 5.91 Å². The lowest BCUT2D eigenvalue weighted by Gasteiger charge is -2.15. The molecule has 0 atom stereocenters. The minimum absolute atomic E-state index is 0. The van der Waals surface area contributed by atoms with E-state index in [9.17, 15) is 13.2 Å². The molecule has 116 valence electrons. The van der Waals surface area contributed by atoms with Crippen LogP contribution in [0.3, 0.4) is 0 Å². The topological polar surface area (TPSA) is 75.3 Å². The van der Waals surface area contributed by atoms with Crippen molar-refractivity contribution in [2.24, 2.45) is 0 Å². The smallest absolute Gasteiger partial charge is 0.252 e. The van der Waals surface area contributed by atoms with Gasteiger partial charge in [0.05, 0.1) is 10.5 Å². The van der Waals surface area contributed by atoms with Crippen molar-refractivity contribution in [2.75, 3.05) is 25.9 Å². The van der Waals surface area contributed by atoms with Crippen LogP contribution >= 0.6 is 12.4 Å². The summed E-state index contributed by atoms with van der Waals surface area (Å²) in [5.74, 6) is -0.356. The van der Waals surface area contributed by atoms with Crippen LogP contribution in [0.15, 0.2) is 40.8 Å². The van der Waals surface area contributed by atoms with E-state index in [1.165, 1.54) is 12.1 Å². The van der Waals surface area contributed by atoms with Crippen LogP contribution in [0.25, 0.3) is 0 Å². The standard InChI is InChI=1S/C14H18N2O3S.ClH/c1-20(18,19)13-5-3-2-4-12(13)14(17)16-10-11-6-8-15-9-7-11;/h2-6,15H,7-10H2,1H3,(H,16,17);1H. The van der Waals surface area contributed by atoms with Crippen LogP contribution in [-0.4, -0.2) is 40.2 Å². The van der Waals surface area contributed by atoms with Gasteiger partial charge in [-0.25, -0.2) is 8.42 Å². The second-order valence-corrected chi connectivity index (χ2v) is 6.75. The summed E-state index contributed by atoms with van der Waals surface area (Å²) in [7, 11) is -3.41. The van der Waals surface area contributed by atoms with Gasteiger partial charge in [0.2, 0.25) is 0 Å². The van der Waals surface area contributed by atoms with Gasteiger partial charge in [-0.3, -0.25) is 4.79 Å². The van der Waals surface area contributed by atoms with E-state index in [1.54, 1.807) is 12.1 Å². The van der Waals surface area contributed by atoms with Crippen LogP contribution in [0.1, 0.15) is 16.8 Å². The molecule has 1 aromatic rings. The number of hydrogen-bond donors (Lipinski definition) is 2. The van der Waals surface area contributed by atoms with Crippen LogP contribution in [0.2, 0.25) is 0 Å². The first-order valence-corrected chi connectivity index (χ1v) is 8.33. The Kier molecular flexibility index (Phi) is 6.39. The van der Waals surface area contributed by atoms with E-state index in [2.05, 4.69) is 10.6 Å². The number of carbonyl (C=O) groups is 1. The maximum atomic E-state index is 12.1. The van der Waals surface area contributed by atoms with Crippen LogP contribution in [0.4, 0.5) is 0 Å². The minimum atomic E-state index is -3.41. The SMILES string of the molecule is CS(=O)(=O)c1ccccc1C(=O)NCC1=CCNCC1.Cl. The Morgan fingerprint density at radius 2 is 2.05 bits per heavy atom. The molecule has 1 aliphatic heterocycles. The molecule has 0 radical (unpaired) electrons. The van der Waals surface area contributed by atoms with Gasteiger partial charge in [-0.05, 0) is 25.1 Å². The van der Waals surface area contributed by atoms with Gasteiger partial charge in [-0.2, -0.15) is 0 Å². The zero-order valence-corrected chi connectivity index (χ0v) is 13.4. The summed E-state index contributed by atoms with van der Waals surface area (Å²) in [5.41, 5.74) is 1.36. The van der Waals surface area contributed by atoms with Crippen LogP contribution in [0.5, 0.6) is 0 Å². The number of sulfone groups is 1. The monoisotopic (exact) mass is 330 g/mol. The van der Waals surface area contributed by atoms with Gasteiger partial charge in [0, 0.05) is 19.3 Å². The highest BCUT2D eigenvalue weighted by atomic mass is 35.5. The number of nitrogens with one attached hydrogen (secondary N) is 2. The van der Waals surface area contributed by atoms with E-state index < -0.39 is 9.84 Å². The van der Waals surface area contributed by atoms with Crippen molar-refractivity contribution >= 4 is 28.2 Å². The molecule has 21 heavy (non-hydrogen) atoms. The summed E-state index contributed by atoms with van der Waals surface area (Å²) in [5, 5.41) is 5.98. The zero-order chi connectivity index (χ0) is 14.6. The van der Waals surface area contributed by atoms with Gasteiger partial charge in [0.1, 0.15) is 0 Å². The third-order valence-electron chi connectivity index (χ3n) is 3.17. The molecule has 1 amide bonds. The molecule has 0 unspecified atom stereocenters. The summed E-state index contributed by atoms with van der Waals surface area (Å²) in [6.45, 7) is 2.17. The average Bonchev–Trinajstić information content (AvgIpc) is 2.45. The molecule has 7 heteroatoms. The quantitative estimate of drug-likeness (QED) is 0.812. The van der Waals surface area contributed by atoms with Crippen molar-refractivity contribution in [3.8, 4) is 0 Å². The molecule has 5 nitrogen and oxygen atoms in total. The summed E-state index contributed by atoms with van der Waals surface area (Å²) in [4.78, 5) is 12.2. The van der Waals surface area contributed by atoms with Crippen molar-refractivity contribution in [3.63, 3.8) is 0 Å². The van der Waals surface area contributed by atoms with E-state index in [1.807, 2.05) is 6.08 Å². The van der Waals surface area contributed by atoms with Crippen molar-refractivity contribution < 1.29 is 13.2 Å². The van der Waals surface area contributed by atoms with Crippen molar-refractivity contribution in [1.29, 1.82) is 0 Å². The van der Waals surface area contributed by atoms with Gasteiger partial charge >= 0.3 is 0 Å². The number of amides is 1. The molecule has 0 aromatic heterocycles. The molecule has 2 rings (SSSR count). The van der Waals surface area contributed by atoms with Crippen molar-refractivity contribution in [2.45, 2.75) is 11.3 Å². The second kappa shape index (κ2) is 7.59. The lowest BCUT2D eigenvalue weighted by atomic mass is 10.1. The summed E-state index contributed by atoms with van der Waals surface area (Å²) in [6.07, 6.45) is 4.05. The fraction of sp³-hybridized carbons (Fsp3) is 0.357. The van der Waals surface area contributed by atoms with Gasteiger partial charge < -0.3 is 10.6 Å². The highest BCUT2D eigenvalue weighted by molar-refractivity contribution is 7.90. The summed E-state index contributed by atoms with van der Waals surface area (Å²) >= 11 is 0. The number of benzene rings is 1. The Morgan fingerprint density at radius 1 is 1.33 bits per heavy atom. The lowest BCUT2D eigenvalue weighted by Crippen LogP contribution is -2.30. The lowest BCUT2D eigenvalue weighted by molar-refractivity contribution is 0.0953. The Balaban J connectivity index is 0.00000220. The molecule has 2 N–H and O–H groups in total. The highest BCUT2D eigenvalue weighted by Crippen LogP contribution is 2.15. The van der Waals surface area contributed by atoms with Crippen molar-refractivity contribution in [1.82, 2.24) is 10.6 Å². The maximum Gasteiger partial charge on any atom is 0.252 e. The Bertz CT molecular complexity index is 641. The van der Waals surface area contributed by atoms with Crippen LogP contribution in [0, 0.1) is 0 Å². The van der Waals surface area contributed by atoms with Crippen LogP contribution in [-0.2, 0) is 9.84 Å². The Morgan fingerprint density at radius 3 is 2.67 bits per heavy atom. The first-order chi connectivity index (χ1) is 9.48. The molecule has 0 bridgehead atoms. The molecule has 0 saturated carbocycles. The predicted octanol–water partition coefficient (Wildman–Crippen LogP) is 1.16. The van der Waals surface area contributed by atoms with Gasteiger partial charge in [-0.15, -0.1) is 12.4 Å². The molecular formula is C14H19ClN2O3S. The average molecular weight is 331 g/mol. The molecule has 0 fully saturated rings. The molecule has 1 aliphatic rings. The summed E-state index contributed by atoms with van der Waals surface area (Å²) < 4.78 is 23.3. The summed E-state index contributed by atoms with van der Waals surface area (Å²) in [6, 6.07) is 6.26. The van der Waals surface area contributed by atoms with Crippen molar-refractivity contribution in [3.05, 3.63) is 41.5 Å². The molecule has 0 aliphatic carbocycles. The van der Waals surface area contributed by atoms with Crippen LogP contribution < -0.4 is 10.6 Å². The van der Waals surface area contributed by atoms with E-state index in [4.69, 9.17) is 0 Å². The minimum Gasteiger partial charge on any atom is -0.348 e. The third-order valence-corrected chi connectivity index (χ3v) is 4.32. The van der Waals surface area contributed by atoms with Gasteiger partial charge in [-0.1, -0.05) is 23.8 Å². The number of carbonyl (C=O) groups excluding carboxylic acids is 1. The Hall–Kier alpha value is -1.37. The second-order valence-electron chi connectivity index (χ2n) is 4.77. The van der Waals surface area contributed by atoms with E-state index in [-0.39, 0.29) is 28.8 Å². The predicted molar refractivity (Wildman–Crippen MR) is 84.7 cm³/mol. The number of halogens is 1. The maximum absolute atomic E-state index is 12.1. The normalized spacial score (nSPS) is 14.8. The van der Waals surface area contributed by atoms with E-state index in [0.29, 0.717) is 6.54 Å². The highest BCUT2D eigenvalue weighted by Gasteiger charge is 2.18. The third kappa shape index (κ3) is 4.84. The van der Waals surface area contributed by atoms with E-state index >= 15 is 0 Å².